The van der Waals surface area contributed by atoms with E-state index in [0.717, 1.165) is 0 Å². The van der Waals surface area contributed by atoms with E-state index in [1.807, 2.05) is 5.32 Å². The van der Waals surface area contributed by atoms with Crippen LogP contribution in [-0.4, -0.2) is 35.6 Å². The van der Waals surface area contributed by atoms with Gasteiger partial charge in [-0.3, -0.25) is 24.0 Å². The Morgan fingerprint density at radius 3 is 1.77 bits per heavy atom. The fourth-order valence-electron chi connectivity index (χ4n) is 0.210. The van der Waals surface area contributed by atoms with Crippen molar-refractivity contribution in [1.29, 1.82) is 5.41 Å². The SMILES string of the molecule is CC(=O)NC(=O)C=N.O=S(=O)(O)O. The quantitative estimate of drug-likeness (QED) is 0.312. The first-order valence-electron chi connectivity index (χ1n) is 2.68. The van der Waals surface area contributed by atoms with Crippen molar-refractivity contribution >= 4 is 28.4 Å². The van der Waals surface area contributed by atoms with Crippen LogP contribution >= 0.6 is 0 Å². The molecule has 0 saturated carbocycles. The van der Waals surface area contributed by atoms with E-state index < -0.39 is 22.2 Å². The number of carbonyl (C=O) groups excluding carboxylic acids is 2. The minimum Gasteiger partial charge on any atom is -0.303 e. The highest BCUT2D eigenvalue weighted by Crippen LogP contribution is 1.59. The third-order valence-corrected chi connectivity index (χ3v) is 0.430. The largest absolute Gasteiger partial charge is 0.394 e. The van der Waals surface area contributed by atoms with Crippen LogP contribution in [0.3, 0.4) is 0 Å². The first-order chi connectivity index (χ1) is 5.66. The van der Waals surface area contributed by atoms with Crippen molar-refractivity contribution in [3.63, 3.8) is 0 Å². The van der Waals surface area contributed by atoms with Crippen LogP contribution in [0, 0.1) is 5.41 Å². The number of nitrogens with one attached hydrogen (secondary N) is 2. The van der Waals surface area contributed by atoms with Crippen molar-refractivity contribution in [3.05, 3.63) is 0 Å². The van der Waals surface area contributed by atoms with Gasteiger partial charge in [-0.05, 0) is 0 Å². The van der Waals surface area contributed by atoms with Crippen molar-refractivity contribution in [2.75, 3.05) is 0 Å². The van der Waals surface area contributed by atoms with Gasteiger partial charge in [0.2, 0.25) is 5.91 Å². The maximum absolute atomic E-state index is 10.0. The third kappa shape index (κ3) is 36.7. The lowest BCUT2D eigenvalue weighted by Gasteiger charge is -1.88. The normalized spacial score (nSPS) is 9.15. The molecule has 2 amide bonds. The second kappa shape index (κ2) is 6.22. The van der Waals surface area contributed by atoms with Crippen molar-refractivity contribution in [2.24, 2.45) is 0 Å². The molecule has 0 unspecified atom stereocenters. The molecule has 0 saturated heterocycles. The highest BCUT2D eigenvalue weighted by atomic mass is 32.3. The molecular formula is C4H8N2O6S. The zero-order valence-corrected chi connectivity index (χ0v) is 7.33. The van der Waals surface area contributed by atoms with Crippen molar-refractivity contribution < 1.29 is 27.1 Å². The topological polar surface area (TPSA) is 145 Å². The molecule has 8 nitrogen and oxygen atoms in total. The van der Waals surface area contributed by atoms with Gasteiger partial charge in [-0.2, -0.15) is 8.42 Å². The maximum Gasteiger partial charge on any atom is 0.394 e. The number of imide groups is 1. The van der Waals surface area contributed by atoms with Crippen molar-refractivity contribution in [2.45, 2.75) is 6.92 Å². The second-order valence-electron chi connectivity index (χ2n) is 1.64. The molecule has 76 valence electrons. The molecule has 0 radical (unpaired) electrons. The van der Waals surface area contributed by atoms with Crippen LogP contribution < -0.4 is 5.32 Å². The molecule has 0 aliphatic heterocycles. The Morgan fingerprint density at radius 2 is 1.69 bits per heavy atom. The van der Waals surface area contributed by atoms with E-state index in [2.05, 4.69) is 0 Å². The number of amides is 2. The average Bonchev–Trinajstić information content (AvgIpc) is 1.82. The number of rotatable bonds is 1. The summed E-state index contributed by atoms with van der Waals surface area (Å²) >= 11 is 0. The van der Waals surface area contributed by atoms with Gasteiger partial charge in [-0.25, -0.2) is 0 Å². The van der Waals surface area contributed by atoms with Crippen LogP contribution in [0.25, 0.3) is 0 Å². The molecule has 4 N–H and O–H groups in total. The van der Waals surface area contributed by atoms with Crippen LogP contribution in [0.4, 0.5) is 0 Å². The molecule has 0 aromatic heterocycles. The monoisotopic (exact) mass is 212 g/mol. The summed E-state index contributed by atoms with van der Waals surface area (Å²) in [6.45, 7) is 1.21. The van der Waals surface area contributed by atoms with Gasteiger partial charge in [-0.1, -0.05) is 0 Å². The van der Waals surface area contributed by atoms with Gasteiger partial charge in [0.15, 0.2) is 0 Å². The molecule has 0 atom stereocenters. The highest BCUT2D eigenvalue weighted by Gasteiger charge is 1.94. The summed E-state index contributed by atoms with van der Waals surface area (Å²) in [6.07, 6.45) is 0.543. The van der Waals surface area contributed by atoms with E-state index >= 15 is 0 Å². The van der Waals surface area contributed by atoms with Gasteiger partial charge in [0.05, 0.1) is 6.21 Å². The predicted octanol–water partition coefficient (Wildman–Crippen LogP) is -1.35. The standard InChI is InChI=1S/C4H6N2O2.H2O4S/c1-3(7)6-4(8)2-5;1-5(2,3)4/h2,5H,1H3,(H,6,7,8);(H2,1,2,3,4). The number of carbonyl (C=O) groups is 2. The fraction of sp³-hybridized carbons (Fsp3) is 0.250. The predicted molar refractivity (Wildman–Crippen MR) is 41.8 cm³/mol. The van der Waals surface area contributed by atoms with E-state index in [0.29, 0.717) is 6.21 Å². The number of hydrogen-bond donors (Lipinski definition) is 4. The Morgan fingerprint density at radius 1 is 1.38 bits per heavy atom. The van der Waals surface area contributed by atoms with E-state index in [4.69, 9.17) is 22.9 Å². The molecular weight excluding hydrogens is 204 g/mol. The van der Waals surface area contributed by atoms with Crippen LogP contribution in [0.2, 0.25) is 0 Å². The first kappa shape index (κ1) is 14.2. The van der Waals surface area contributed by atoms with Gasteiger partial charge in [0.1, 0.15) is 0 Å². The Kier molecular flexibility index (Phi) is 6.81. The van der Waals surface area contributed by atoms with E-state index in [1.54, 1.807) is 0 Å². The molecule has 0 rings (SSSR count). The maximum atomic E-state index is 10.0. The van der Waals surface area contributed by atoms with E-state index in [9.17, 15) is 9.59 Å². The first-order valence-corrected chi connectivity index (χ1v) is 4.08. The summed E-state index contributed by atoms with van der Waals surface area (Å²) in [7, 11) is -4.67. The summed E-state index contributed by atoms with van der Waals surface area (Å²) in [5.41, 5.74) is 0. The molecule has 13 heavy (non-hydrogen) atoms. The molecule has 0 aliphatic carbocycles. The van der Waals surface area contributed by atoms with Gasteiger partial charge >= 0.3 is 10.4 Å². The zero-order chi connectivity index (χ0) is 11.1. The minimum atomic E-state index is -4.67. The Hall–Kier alpha value is -1.32. The zero-order valence-electron chi connectivity index (χ0n) is 6.51. The van der Waals surface area contributed by atoms with E-state index in [-0.39, 0.29) is 0 Å². The second-order valence-corrected chi connectivity index (χ2v) is 2.53. The van der Waals surface area contributed by atoms with Crippen LogP contribution in [0.1, 0.15) is 6.92 Å². The summed E-state index contributed by atoms with van der Waals surface area (Å²) < 4.78 is 31.6. The van der Waals surface area contributed by atoms with Crippen molar-refractivity contribution in [3.8, 4) is 0 Å². The minimum absolute atomic E-state index is 0.446. The summed E-state index contributed by atoms with van der Waals surface area (Å²) in [5, 5.41) is 8.18. The Balaban J connectivity index is 0. The third-order valence-electron chi connectivity index (χ3n) is 0.430. The summed E-state index contributed by atoms with van der Waals surface area (Å²) in [4.78, 5) is 20.0. The number of hydrogen-bond acceptors (Lipinski definition) is 5. The fourth-order valence-corrected chi connectivity index (χ4v) is 0.210. The van der Waals surface area contributed by atoms with Crippen LogP contribution in [0.15, 0.2) is 0 Å². The Labute approximate surface area is 74.0 Å². The average molecular weight is 212 g/mol. The molecule has 0 aliphatic rings. The molecule has 0 heterocycles. The molecule has 0 aromatic rings. The highest BCUT2D eigenvalue weighted by molar-refractivity contribution is 7.79. The van der Waals surface area contributed by atoms with Gasteiger partial charge in [0.25, 0.3) is 5.91 Å². The smallest absolute Gasteiger partial charge is 0.303 e. The van der Waals surface area contributed by atoms with Crippen LogP contribution in [-0.2, 0) is 20.0 Å². The Bertz CT molecular complexity index is 286. The molecule has 0 aromatic carbocycles. The lowest BCUT2D eigenvalue weighted by Crippen LogP contribution is -2.28. The van der Waals surface area contributed by atoms with Gasteiger partial charge in [0, 0.05) is 6.92 Å². The summed E-state index contributed by atoms with van der Waals surface area (Å²) in [5.74, 6) is -1.13. The van der Waals surface area contributed by atoms with Gasteiger partial charge < -0.3 is 5.41 Å². The lowest BCUT2D eigenvalue weighted by molar-refractivity contribution is -0.125. The van der Waals surface area contributed by atoms with Crippen LogP contribution in [0.5, 0.6) is 0 Å². The molecule has 0 fully saturated rings. The molecule has 9 heteroatoms. The van der Waals surface area contributed by atoms with Crippen molar-refractivity contribution in [1.82, 2.24) is 5.32 Å². The molecule has 0 spiro atoms. The van der Waals surface area contributed by atoms with E-state index in [1.165, 1.54) is 6.92 Å². The molecule has 0 bridgehead atoms. The van der Waals surface area contributed by atoms with Gasteiger partial charge in [-0.15, -0.1) is 0 Å². The lowest BCUT2D eigenvalue weighted by atomic mass is 10.6. The summed E-state index contributed by atoms with van der Waals surface area (Å²) in [6, 6.07) is 0.